The molecule has 102 valence electrons. The van der Waals surface area contributed by atoms with Gasteiger partial charge in [0.15, 0.2) is 10.2 Å². The van der Waals surface area contributed by atoms with E-state index in [9.17, 15) is 8.42 Å². The van der Waals surface area contributed by atoms with Gasteiger partial charge in [-0.2, -0.15) is 0 Å². The summed E-state index contributed by atoms with van der Waals surface area (Å²) in [6.07, 6.45) is 5.54. The van der Waals surface area contributed by atoms with Gasteiger partial charge in [-0.1, -0.05) is 30.5 Å². The average molecular weight is 300 g/mol. The van der Waals surface area contributed by atoms with Gasteiger partial charge in [0.25, 0.3) is 10.0 Å². The lowest BCUT2D eigenvalue weighted by Crippen LogP contribution is -2.33. The van der Waals surface area contributed by atoms with Crippen LogP contribution in [0.1, 0.15) is 25.7 Å². The minimum Gasteiger partial charge on any atom is -0.288 e. The van der Waals surface area contributed by atoms with Gasteiger partial charge in [0, 0.05) is 12.2 Å². The number of rotatable bonds is 3. The monoisotopic (exact) mass is 299 g/mol. The maximum Gasteiger partial charge on any atom is 0.260 e. The number of sulfonamides is 1. The third-order valence-electron chi connectivity index (χ3n) is 3.38. The molecule has 1 aliphatic carbocycles. The Morgan fingerprint density at radius 2 is 2.05 bits per heavy atom. The third kappa shape index (κ3) is 2.35. The standard InChI is InChI=1S/C12H14ClN3O2S/c13-11-12(16-8-4-3-7-10(16)14-11)19(17,18)15-9-5-1-2-6-9/h3-4,7-9,15H,1-2,5-6H2. The van der Waals surface area contributed by atoms with Crippen LogP contribution in [0.25, 0.3) is 5.65 Å². The summed E-state index contributed by atoms with van der Waals surface area (Å²) in [6.45, 7) is 0. The number of pyridine rings is 1. The summed E-state index contributed by atoms with van der Waals surface area (Å²) in [5.41, 5.74) is 0.527. The largest absolute Gasteiger partial charge is 0.288 e. The summed E-state index contributed by atoms with van der Waals surface area (Å²) in [4.78, 5) is 4.06. The van der Waals surface area contributed by atoms with E-state index in [2.05, 4.69) is 9.71 Å². The summed E-state index contributed by atoms with van der Waals surface area (Å²) >= 11 is 5.99. The molecule has 1 N–H and O–H groups in total. The van der Waals surface area contributed by atoms with Gasteiger partial charge in [0.1, 0.15) is 5.65 Å². The Labute approximate surface area is 116 Å². The van der Waals surface area contributed by atoms with Crippen LogP contribution in [0.15, 0.2) is 29.4 Å². The van der Waals surface area contributed by atoms with Crippen LogP contribution in [0.5, 0.6) is 0 Å². The molecule has 19 heavy (non-hydrogen) atoms. The fourth-order valence-electron chi connectivity index (χ4n) is 2.50. The molecule has 1 aliphatic rings. The molecule has 0 spiro atoms. The van der Waals surface area contributed by atoms with Crippen LogP contribution in [0, 0.1) is 0 Å². The number of imidazole rings is 1. The highest BCUT2D eigenvalue weighted by Crippen LogP contribution is 2.25. The van der Waals surface area contributed by atoms with Crippen LogP contribution in [-0.4, -0.2) is 23.8 Å². The number of hydrogen-bond donors (Lipinski definition) is 1. The number of nitrogens with zero attached hydrogens (tertiary/aromatic N) is 2. The van der Waals surface area contributed by atoms with Crippen molar-refractivity contribution in [2.45, 2.75) is 36.8 Å². The SMILES string of the molecule is O=S(=O)(NC1CCCC1)c1c(Cl)nc2ccccn12. The first-order valence-electron chi connectivity index (χ1n) is 6.23. The summed E-state index contributed by atoms with van der Waals surface area (Å²) < 4.78 is 29.1. The minimum atomic E-state index is -3.64. The van der Waals surface area contributed by atoms with E-state index in [1.807, 2.05) is 0 Å². The first-order valence-corrected chi connectivity index (χ1v) is 8.09. The third-order valence-corrected chi connectivity index (χ3v) is 5.30. The van der Waals surface area contributed by atoms with Crippen LogP contribution in [0.4, 0.5) is 0 Å². The molecule has 0 aliphatic heterocycles. The van der Waals surface area contributed by atoms with Gasteiger partial charge in [-0.3, -0.25) is 4.40 Å². The zero-order chi connectivity index (χ0) is 13.5. The normalized spacial score (nSPS) is 17.3. The summed E-state index contributed by atoms with van der Waals surface area (Å²) in [7, 11) is -3.64. The Bertz CT molecular complexity index is 705. The highest BCUT2D eigenvalue weighted by Gasteiger charge is 2.28. The van der Waals surface area contributed by atoms with Gasteiger partial charge in [-0.15, -0.1) is 0 Å². The number of aromatic nitrogens is 2. The van der Waals surface area contributed by atoms with E-state index in [4.69, 9.17) is 11.6 Å². The molecule has 2 aromatic heterocycles. The quantitative estimate of drug-likeness (QED) is 0.945. The molecule has 3 rings (SSSR count). The van der Waals surface area contributed by atoms with Crippen molar-refractivity contribution in [2.75, 3.05) is 0 Å². The molecular formula is C12H14ClN3O2S. The van der Waals surface area contributed by atoms with Crippen LogP contribution >= 0.6 is 11.6 Å². The molecule has 0 aromatic carbocycles. The highest BCUT2D eigenvalue weighted by molar-refractivity contribution is 7.89. The molecule has 0 radical (unpaired) electrons. The van der Waals surface area contributed by atoms with E-state index in [-0.39, 0.29) is 16.2 Å². The van der Waals surface area contributed by atoms with Crippen molar-refractivity contribution in [3.8, 4) is 0 Å². The minimum absolute atomic E-state index is 0.00956. The van der Waals surface area contributed by atoms with E-state index < -0.39 is 10.0 Å². The van der Waals surface area contributed by atoms with Crippen molar-refractivity contribution in [3.05, 3.63) is 29.5 Å². The first kappa shape index (κ1) is 12.9. The molecule has 0 atom stereocenters. The van der Waals surface area contributed by atoms with Crippen LogP contribution in [0.3, 0.4) is 0 Å². The molecule has 0 bridgehead atoms. The molecule has 2 heterocycles. The van der Waals surface area contributed by atoms with Crippen LogP contribution in [0.2, 0.25) is 5.15 Å². The molecule has 0 amide bonds. The molecule has 7 heteroatoms. The van der Waals surface area contributed by atoms with Gasteiger partial charge in [0.2, 0.25) is 0 Å². The van der Waals surface area contributed by atoms with Crippen molar-refractivity contribution in [1.82, 2.24) is 14.1 Å². The Kier molecular flexibility index (Phi) is 3.24. The van der Waals surface area contributed by atoms with E-state index in [0.29, 0.717) is 5.65 Å². The second-order valence-corrected chi connectivity index (χ2v) is 6.73. The predicted octanol–water partition coefficient (Wildman–Crippen LogP) is 2.21. The summed E-state index contributed by atoms with van der Waals surface area (Å²) in [5, 5.41) is 0.0355. The molecule has 1 saturated carbocycles. The maximum absolute atomic E-state index is 12.4. The fraction of sp³-hybridized carbons (Fsp3) is 0.417. The van der Waals surface area contributed by atoms with Gasteiger partial charge in [-0.05, 0) is 25.0 Å². The van der Waals surface area contributed by atoms with Gasteiger partial charge in [0.05, 0.1) is 0 Å². The molecular weight excluding hydrogens is 286 g/mol. The lowest BCUT2D eigenvalue weighted by molar-refractivity contribution is 0.548. The fourth-order valence-corrected chi connectivity index (χ4v) is 4.45. The Morgan fingerprint density at radius 3 is 2.79 bits per heavy atom. The van der Waals surface area contributed by atoms with Gasteiger partial charge in [-0.25, -0.2) is 18.1 Å². The number of halogens is 1. The van der Waals surface area contributed by atoms with Crippen molar-refractivity contribution in [2.24, 2.45) is 0 Å². The Morgan fingerprint density at radius 1 is 1.32 bits per heavy atom. The first-order chi connectivity index (χ1) is 9.08. The zero-order valence-corrected chi connectivity index (χ0v) is 11.8. The molecule has 0 saturated heterocycles. The average Bonchev–Trinajstić information content (AvgIpc) is 2.94. The van der Waals surface area contributed by atoms with E-state index in [0.717, 1.165) is 25.7 Å². The van der Waals surface area contributed by atoms with Gasteiger partial charge >= 0.3 is 0 Å². The van der Waals surface area contributed by atoms with Crippen LogP contribution in [-0.2, 0) is 10.0 Å². The number of hydrogen-bond acceptors (Lipinski definition) is 3. The second kappa shape index (κ2) is 4.77. The Hall–Kier alpha value is -1.11. The molecule has 0 unspecified atom stereocenters. The van der Waals surface area contributed by atoms with Crippen molar-refractivity contribution < 1.29 is 8.42 Å². The smallest absolute Gasteiger partial charge is 0.260 e. The van der Waals surface area contributed by atoms with Crippen molar-refractivity contribution in [3.63, 3.8) is 0 Å². The molecule has 2 aromatic rings. The van der Waals surface area contributed by atoms with Crippen molar-refractivity contribution in [1.29, 1.82) is 0 Å². The topological polar surface area (TPSA) is 63.5 Å². The zero-order valence-electron chi connectivity index (χ0n) is 10.2. The lowest BCUT2D eigenvalue weighted by atomic mass is 10.3. The summed E-state index contributed by atoms with van der Waals surface area (Å²) in [6, 6.07) is 5.27. The molecule has 1 fully saturated rings. The molecule has 5 nitrogen and oxygen atoms in total. The van der Waals surface area contributed by atoms with E-state index in [1.165, 1.54) is 4.40 Å². The predicted molar refractivity (Wildman–Crippen MR) is 72.8 cm³/mol. The Balaban J connectivity index is 2.04. The highest BCUT2D eigenvalue weighted by atomic mass is 35.5. The second-order valence-electron chi connectivity index (χ2n) is 4.74. The van der Waals surface area contributed by atoms with Crippen molar-refractivity contribution >= 4 is 27.3 Å². The maximum atomic E-state index is 12.4. The number of nitrogens with one attached hydrogen (secondary N) is 1. The van der Waals surface area contributed by atoms with Gasteiger partial charge < -0.3 is 0 Å². The van der Waals surface area contributed by atoms with Crippen LogP contribution < -0.4 is 4.72 Å². The summed E-state index contributed by atoms with van der Waals surface area (Å²) in [5.74, 6) is 0. The lowest BCUT2D eigenvalue weighted by Gasteiger charge is -2.12. The van der Waals surface area contributed by atoms with E-state index in [1.54, 1.807) is 24.4 Å². The number of fused-ring (bicyclic) bond motifs is 1. The van der Waals surface area contributed by atoms with E-state index >= 15 is 0 Å².